The first-order valence-electron chi connectivity index (χ1n) is 2.44. The second-order valence-corrected chi connectivity index (χ2v) is 1.57. The highest BCUT2D eigenvalue weighted by molar-refractivity contribution is 5.67. The number of hydrogen-bond donors (Lipinski definition) is 1. The zero-order valence-electron chi connectivity index (χ0n) is 4.87. The molecule has 3 heteroatoms. The molecule has 0 bridgehead atoms. The SMILES string of the molecule is C=CC(C#N)CC(=O)O. The molecule has 0 aromatic rings. The third kappa shape index (κ3) is 3.30. The fourth-order valence-corrected chi connectivity index (χ4v) is 0.370. The number of nitrogens with zero attached hydrogens (tertiary/aromatic N) is 1. The maximum Gasteiger partial charge on any atom is 0.305 e. The molecule has 0 fully saturated rings. The lowest BCUT2D eigenvalue weighted by atomic mass is 10.1. The zero-order chi connectivity index (χ0) is 7.28. The lowest BCUT2D eigenvalue weighted by Gasteiger charge is -1.93. The first kappa shape index (κ1) is 7.70. The van der Waals surface area contributed by atoms with Crippen molar-refractivity contribution in [2.75, 3.05) is 0 Å². The van der Waals surface area contributed by atoms with Crippen LogP contribution in [0.1, 0.15) is 6.42 Å². The molecule has 0 spiro atoms. The Morgan fingerprint density at radius 3 is 2.67 bits per heavy atom. The number of rotatable bonds is 3. The topological polar surface area (TPSA) is 61.1 Å². The van der Waals surface area contributed by atoms with Gasteiger partial charge in [-0.05, 0) is 0 Å². The van der Waals surface area contributed by atoms with Crippen LogP contribution in [0.5, 0.6) is 0 Å². The van der Waals surface area contributed by atoms with E-state index in [2.05, 4.69) is 6.58 Å². The molecule has 9 heavy (non-hydrogen) atoms. The van der Waals surface area contributed by atoms with Crippen molar-refractivity contribution in [2.24, 2.45) is 5.92 Å². The average Bonchev–Trinajstić information content (AvgIpc) is 1.82. The summed E-state index contributed by atoms with van der Waals surface area (Å²) < 4.78 is 0. The van der Waals surface area contributed by atoms with Crippen LogP contribution >= 0.6 is 0 Å². The van der Waals surface area contributed by atoms with Gasteiger partial charge in [-0.1, -0.05) is 6.08 Å². The molecule has 0 aromatic carbocycles. The van der Waals surface area contributed by atoms with E-state index >= 15 is 0 Å². The molecular formula is C6H7NO2. The summed E-state index contributed by atoms with van der Waals surface area (Å²) >= 11 is 0. The van der Waals surface area contributed by atoms with Gasteiger partial charge in [-0.3, -0.25) is 4.79 Å². The van der Waals surface area contributed by atoms with Crippen molar-refractivity contribution in [3.05, 3.63) is 12.7 Å². The van der Waals surface area contributed by atoms with Gasteiger partial charge in [0.25, 0.3) is 0 Å². The fraction of sp³-hybridized carbons (Fsp3) is 0.333. The number of carboxylic acids is 1. The Labute approximate surface area is 53.2 Å². The summed E-state index contributed by atoms with van der Waals surface area (Å²) in [5, 5.41) is 16.3. The highest BCUT2D eigenvalue weighted by atomic mass is 16.4. The van der Waals surface area contributed by atoms with Crippen LogP contribution in [0.15, 0.2) is 12.7 Å². The molecule has 0 aromatic heterocycles. The molecule has 0 radical (unpaired) electrons. The van der Waals surface area contributed by atoms with Gasteiger partial charge in [0.1, 0.15) is 0 Å². The highest BCUT2D eigenvalue weighted by Gasteiger charge is 2.06. The van der Waals surface area contributed by atoms with Gasteiger partial charge in [-0.2, -0.15) is 5.26 Å². The summed E-state index contributed by atoms with van der Waals surface area (Å²) in [4.78, 5) is 9.93. The van der Waals surface area contributed by atoms with E-state index in [1.54, 1.807) is 6.07 Å². The number of aliphatic carboxylic acids is 1. The van der Waals surface area contributed by atoms with Gasteiger partial charge in [0.15, 0.2) is 0 Å². The third-order valence-electron chi connectivity index (χ3n) is 0.845. The Balaban J connectivity index is 3.73. The van der Waals surface area contributed by atoms with Crippen LogP contribution < -0.4 is 0 Å². The van der Waals surface area contributed by atoms with Crippen LogP contribution in [0.4, 0.5) is 0 Å². The van der Waals surface area contributed by atoms with Gasteiger partial charge in [0.2, 0.25) is 0 Å². The van der Waals surface area contributed by atoms with Crippen molar-refractivity contribution in [2.45, 2.75) is 6.42 Å². The van der Waals surface area contributed by atoms with Crippen molar-refractivity contribution >= 4 is 5.97 Å². The van der Waals surface area contributed by atoms with E-state index in [9.17, 15) is 4.79 Å². The third-order valence-corrected chi connectivity index (χ3v) is 0.845. The van der Waals surface area contributed by atoms with Crippen molar-refractivity contribution in [3.8, 4) is 6.07 Å². The van der Waals surface area contributed by atoms with Crippen molar-refractivity contribution in [1.82, 2.24) is 0 Å². The fourth-order valence-electron chi connectivity index (χ4n) is 0.370. The van der Waals surface area contributed by atoms with Crippen LogP contribution in [0.2, 0.25) is 0 Å². The number of allylic oxidation sites excluding steroid dienone is 1. The van der Waals surface area contributed by atoms with Crippen molar-refractivity contribution in [3.63, 3.8) is 0 Å². The van der Waals surface area contributed by atoms with E-state index in [-0.39, 0.29) is 6.42 Å². The summed E-state index contributed by atoms with van der Waals surface area (Å²) in [5.41, 5.74) is 0. The van der Waals surface area contributed by atoms with Gasteiger partial charge < -0.3 is 5.11 Å². The molecule has 0 saturated heterocycles. The Morgan fingerprint density at radius 1 is 2.00 bits per heavy atom. The van der Waals surface area contributed by atoms with Gasteiger partial charge in [-0.15, -0.1) is 6.58 Å². The van der Waals surface area contributed by atoms with Crippen LogP contribution in [0, 0.1) is 17.2 Å². The second-order valence-electron chi connectivity index (χ2n) is 1.57. The minimum absolute atomic E-state index is 0.153. The van der Waals surface area contributed by atoms with E-state index in [0.29, 0.717) is 0 Å². The lowest BCUT2D eigenvalue weighted by Crippen LogP contribution is -2.02. The van der Waals surface area contributed by atoms with Crippen LogP contribution in [-0.2, 0) is 4.79 Å². The molecular weight excluding hydrogens is 118 g/mol. The quantitative estimate of drug-likeness (QED) is 0.567. The molecule has 3 nitrogen and oxygen atoms in total. The van der Waals surface area contributed by atoms with E-state index < -0.39 is 11.9 Å². The van der Waals surface area contributed by atoms with Crippen molar-refractivity contribution in [1.29, 1.82) is 5.26 Å². The molecule has 0 heterocycles. The van der Waals surface area contributed by atoms with E-state index in [0.717, 1.165) is 0 Å². The highest BCUT2D eigenvalue weighted by Crippen LogP contribution is 2.00. The van der Waals surface area contributed by atoms with Gasteiger partial charge in [0, 0.05) is 0 Å². The van der Waals surface area contributed by atoms with Crippen LogP contribution in [0.3, 0.4) is 0 Å². The summed E-state index contributed by atoms with van der Waals surface area (Å²) in [6.07, 6.45) is 1.17. The largest absolute Gasteiger partial charge is 0.481 e. The summed E-state index contributed by atoms with van der Waals surface area (Å²) in [6.45, 7) is 3.30. The zero-order valence-corrected chi connectivity index (χ0v) is 4.87. The molecule has 0 amide bonds. The van der Waals surface area contributed by atoms with E-state index in [1.807, 2.05) is 0 Å². The number of carbonyl (C=O) groups is 1. The minimum atomic E-state index is -0.971. The predicted molar refractivity (Wildman–Crippen MR) is 31.6 cm³/mol. The molecule has 1 N–H and O–H groups in total. The Bertz CT molecular complexity index is 157. The van der Waals surface area contributed by atoms with Gasteiger partial charge in [-0.25, -0.2) is 0 Å². The number of nitriles is 1. The number of hydrogen-bond acceptors (Lipinski definition) is 2. The molecule has 48 valence electrons. The van der Waals surface area contributed by atoms with Crippen LogP contribution in [0.25, 0.3) is 0 Å². The van der Waals surface area contributed by atoms with Crippen molar-refractivity contribution < 1.29 is 9.90 Å². The molecule has 0 aliphatic carbocycles. The smallest absolute Gasteiger partial charge is 0.305 e. The number of carboxylic acid groups (broad SMARTS) is 1. The van der Waals surface area contributed by atoms with Gasteiger partial charge >= 0.3 is 5.97 Å². The first-order chi connectivity index (χ1) is 4.20. The second kappa shape index (κ2) is 3.67. The average molecular weight is 125 g/mol. The lowest BCUT2D eigenvalue weighted by molar-refractivity contribution is -0.137. The summed E-state index contributed by atoms with van der Waals surface area (Å²) in [5.74, 6) is -1.52. The molecule has 0 aliphatic heterocycles. The van der Waals surface area contributed by atoms with Gasteiger partial charge in [0.05, 0.1) is 18.4 Å². The minimum Gasteiger partial charge on any atom is -0.481 e. The molecule has 1 atom stereocenters. The predicted octanol–water partition coefficient (Wildman–Crippen LogP) is 0.787. The van der Waals surface area contributed by atoms with Crippen LogP contribution in [-0.4, -0.2) is 11.1 Å². The van der Waals surface area contributed by atoms with E-state index in [4.69, 9.17) is 10.4 Å². The first-order valence-corrected chi connectivity index (χ1v) is 2.44. The normalized spacial score (nSPS) is 11.4. The molecule has 0 aliphatic rings. The Kier molecular flexibility index (Phi) is 3.14. The monoisotopic (exact) mass is 125 g/mol. The maximum absolute atomic E-state index is 9.93. The summed E-state index contributed by atoms with van der Waals surface area (Å²) in [6, 6.07) is 1.78. The Morgan fingerprint density at radius 2 is 2.56 bits per heavy atom. The Hall–Kier alpha value is -1.30. The standard InChI is InChI=1S/C6H7NO2/c1-2-5(4-7)3-6(8)9/h2,5H,1,3H2,(H,8,9). The summed E-state index contributed by atoms with van der Waals surface area (Å²) in [7, 11) is 0. The molecule has 0 rings (SSSR count). The molecule has 0 saturated carbocycles. The molecule has 1 unspecified atom stereocenters. The van der Waals surface area contributed by atoms with E-state index in [1.165, 1.54) is 6.08 Å². The maximum atomic E-state index is 9.93.